The fourth-order valence-corrected chi connectivity index (χ4v) is 2.25. The highest BCUT2D eigenvalue weighted by atomic mass is 16.5. The van der Waals surface area contributed by atoms with Crippen LogP contribution in [0.3, 0.4) is 0 Å². The molecule has 2 rings (SSSR count). The van der Waals surface area contributed by atoms with E-state index in [0.29, 0.717) is 24.9 Å². The Morgan fingerprint density at radius 2 is 2.09 bits per heavy atom. The van der Waals surface area contributed by atoms with Gasteiger partial charge in [-0.3, -0.25) is 4.99 Å². The van der Waals surface area contributed by atoms with Gasteiger partial charge in [-0.2, -0.15) is 0 Å². The van der Waals surface area contributed by atoms with Crippen molar-refractivity contribution in [2.75, 3.05) is 38.7 Å². The first kappa shape index (κ1) is 17.4. The largest absolute Gasteiger partial charge is 0.493 e. The number of aliphatic hydroxyl groups is 1. The van der Waals surface area contributed by atoms with Crippen molar-refractivity contribution in [1.82, 2.24) is 5.32 Å². The van der Waals surface area contributed by atoms with Gasteiger partial charge < -0.3 is 25.2 Å². The number of benzene rings is 1. The molecule has 6 heteroatoms. The van der Waals surface area contributed by atoms with E-state index in [1.54, 1.807) is 7.11 Å². The minimum absolute atomic E-state index is 0.00113. The molecule has 1 aromatic carbocycles. The highest BCUT2D eigenvalue weighted by molar-refractivity contribution is 5.94. The number of hydrogen-bond acceptors (Lipinski definition) is 4. The van der Waals surface area contributed by atoms with Crippen LogP contribution in [0.1, 0.15) is 26.7 Å². The maximum absolute atomic E-state index is 9.40. The smallest absolute Gasteiger partial charge is 0.195 e. The van der Waals surface area contributed by atoms with Crippen LogP contribution in [0.5, 0.6) is 11.5 Å². The molecule has 0 bridgehead atoms. The van der Waals surface area contributed by atoms with Crippen molar-refractivity contribution < 1.29 is 14.6 Å². The summed E-state index contributed by atoms with van der Waals surface area (Å²) in [6.45, 7) is 6.16. The maximum atomic E-state index is 9.40. The first-order valence-corrected chi connectivity index (χ1v) is 8.13. The average Bonchev–Trinajstić information content (AvgIpc) is 3.35. The zero-order chi connectivity index (χ0) is 16.7. The summed E-state index contributed by atoms with van der Waals surface area (Å²) in [6.07, 6.45) is 2.09. The van der Waals surface area contributed by atoms with E-state index < -0.39 is 0 Å². The monoisotopic (exact) mass is 321 g/mol. The molecule has 0 spiro atoms. The maximum Gasteiger partial charge on any atom is 0.195 e. The van der Waals surface area contributed by atoms with Crippen molar-refractivity contribution in [2.24, 2.45) is 10.4 Å². The third kappa shape index (κ3) is 4.76. The number of nitrogens with one attached hydrogen (secondary N) is 2. The molecule has 6 nitrogen and oxygen atoms in total. The van der Waals surface area contributed by atoms with Gasteiger partial charge >= 0.3 is 0 Å². The van der Waals surface area contributed by atoms with Crippen molar-refractivity contribution in [3.8, 4) is 11.5 Å². The molecule has 128 valence electrons. The number of hydrogen-bond donors (Lipinski definition) is 3. The fraction of sp³-hybridized carbons (Fsp3) is 0.588. The highest BCUT2D eigenvalue weighted by Crippen LogP contribution is 2.45. The minimum Gasteiger partial charge on any atom is -0.493 e. The van der Waals surface area contributed by atoms with Crippen molar-refractivity contribution in [3.63, 3.8) is 0 Å². The minimum atomic E-state index is -0.00113. The predicted octanol–water partition coefficient (Wildman–Crippen LogP) is 2.24. The zero-order valence-electron chi connectivity index (χ0n) is 14.2. The van der Waals surface area contributed by atoms with Crippen LogP contribution >= 0.6 is 0 Å². The molecule has 0 saturated heterocycles. The van der Waals surface area contributed by atoms with E-state index in [9.17, 15) is 5.11 Å². The quantitative estimate of drug-likeness (QED) is 0.506. The Balaban J connectivity index is 2.08. The topological polar surface area (TPSA) is 75.1 Å². The number of ether oxygens (including phenoxy) is 2. The van der Waals surface area contributed by atoms with Gasteiger partial charge in [-0.05, 0) is 38.8 Å². The van der Waals surface area contributed by atoms with Gasteiger partial charge in [0, 0.05) is 23.7 Å². The number of aliphatic imine (C=N–C) groups is 1. The first-order valence-electron chi connectivity index (χ1n) is 8.13. The van der Waals surface area contributed by atoms with Crippen LogP contribution in [0.2, 0.25) is 0 Å². The highest BCUT2D eigenvalue weighted by Gasteiger charge is 2.41. The summed E-state index contributed by atoms with van der Waals surface area (Å²) in [5.41, 5.74) is 0.873. The van der Waals surface area contributed by atoms with Gasteiger partial charge in [-0.15, -0.1) is 0 Å². The summed E-state index contributed by atoms with van der Waals surface area (Å²) in [4.78, 5) is 4.59. The lowest BCUT2D eigenvalue weighted by Crippen LogP contribution is -2.31. The Morgan fingerprint density at radius 1 is 1.30 bits per heavy atom. The van der Waals surface area contributed by atoms with Gasteiger partial charge in [0.15, 0.2) is 17.5 Å². The van der Waals surface area contributed by atoms with Crippen LogP contribution < -0.4 is 20.1 Å². The van der Waals surface area contributed by atoms with E-state index in [2.05, 4.69) is 15.6 Å². The lowest BCUT2D eigenvalue weighted by atomic mass is 10.1. The molecule has 0 aromatic heterocycles. The number of anilines is 1. The molecular weight excluding hydrogens is 294 g/mol. The second-order valence-electron chi connectivity index (χ2n) is 5.78. The SMILES string of the molecule is CCNC(=NCC1(CO)CC1)Nc1ccc(OCC)c(OC)c1. The average molecular weight is 321 g/mol. The van der Waals surface area contributed by atoms with Crippen molar-refractivity contribution >= 4 is 11.6 Å². The number of rotatable bonds is 8. The van der Waals surface area contributed by atoms with E-state index in [1.165, 1.54) is 0 Å². The molecule has 1 aliphatic rings. The van der Waals surface area contributed by atoms with Gasteiger partial charge in [0.1, 0.15) is 0 Å². The Bertz CT molecular complexity index is 542. The molecule has 0 atom stereocenters. The molecule has 1 fully saturated rings. The van der Waals surface area contributed by atoms with Gasteiger partial charge in [0.2, 0.25) is 0 Å². The fourth-order valence-electron chi connectivity index (χ4n) is 2.25. The molecule has 1 aliphatic carbocycles. The molecule has 0 heterocycles. The number of methoxy groups -OCH3 is 1. The number of nitrogens with zero attached hydrogens (tertiary/aromatic N) is 1. The summed E-state index contributed by atoms with van der Waals surface area (Å²) >= 11 is 0. The number of guanidine groups is 1. The Labute approximate surface area is 137 Å². The summed E-state index contributed by atoms with van der Waals surface area (Å²) in [5.74, 6) is 2.11. The second kappa shape index (κ2) is 8.06. The first-order chi connectivity index (χ1) is 11.2. The molecule has 0 radical (unpaired) electrons. The van der Waals surface area contributed by atoms with Gasteiger partial charge in [-0.1, -0.05) is 0 Å². The standard InChI is InChI=1S/C17H27N3O3/c1-4-18-16(19-11-17(12-21)8-9-17)20-13-6-7-14(23-5-2)15(10-13)22-3/h6-7,10,21H,4-5,8-9,11-12H2,1-3H3,(H2,18,19,20). The van der Waals surface area contributed by atoms with E-state index in [4.69, 9.17) is 9.47 Å². The Hall–Kier alpha value is -1.95. The van der Waals surface area contributed by atoms with Crippen LogP contribution in [0.4, 0.5) is 5.69 Å². The molecule has 1 aromatic rings. The summed E-state index contributed by atoms with van der Waals surface area (Å²) < 4.78 is 10.9. The summed E-state index contributed by atoms with van der Waals surface area (Å²) in [5, 5.41) is 15.9. The van der Waals surface area contributed by atoms with Crippen molar-refractivity contribution in [1.29, 1.82) is 0 Å². The van der Waals surface area contributed by atoms with Crippen LogP contribution in [0.15, 0.2) is 23.2 Å². The molecule has 3 N–H and O–H groups in total. The molecule has 1 saturated carbocycles. The van der Waals surface area contributed by atoms with Gasteiger partial charge in [-0.25, -0.2) is 0 Å². The Kier molecular flexibility index (Phi) is 6.10. The van der Waals surface area contributed by atoms with E-state index in [-0.39, 0.29) is 12.0 Å². The van der Waals surface area contributed by atoms with E-state index in [1.807, 2.05) is 32.0 Å². The van der Waals surface area contributed by atoms with E-state index in [0.717, 1.165) is 30.8 Å². The molecule has 23 heavy (non-hydrogen) atoms. The molecule has 0 aliphatic heterocycles. The molecular formula is C17H27N3O3. The summed E-state index contributed by atoms with van der Waals surface area (Å²) in [6, 6.07) is 5.69. The van der Waals surface area contributed by atoms with Crippen molar-refractivity contribution in [3.05, 3.63) is 18.2 Å². The molecule has 0 unspecified atom stereocenters. The van der Waals surface area contributed by atoms with Crippen LogP contribution in [-0.4, -0.2) is 44.5 Å². The van der Waals surface area contributed by atoms with Gasteiger partial charge in [0.25, 0.3) is 0 Å². The third-order valence-corrected chi connectivity index (χ3v) is 3.94. The van der Waals surface area contributed by atoms with Gasteiger partial charge in [0.05, 0.1) is 26.9 Å². The lowest BCUT2D eigenvalue weighted by molar-refractivity contribution is 0.217. The second-order valence-corrected chi connectivity index (χ2v) is 5.78. The predicted molar refractivity (Wildman–Crippen MR) is 92.5 cm³/mol. The van der Waals surface area contributed by atoms with Crippen LogP contribution in [-0.2, 0) is 0 Å². The molecule has 0 amide bonds. The van der Waals surface area contributed by atoms with Crippen LogP contribution in [0.25, 0.3) is 0 Å². The third-order valence-electron chi connectivity index (χ3n) is 3.94. The zero-order valence-corrected chi connectivity index (χ0v) is 14.2. The summed E-state index contributed by atoms with van der Waals surface area (Å²) in [7, 11) is 1.62. The van der Waals surface area contributed by atoms with E-state index >= 15 is 0 Å². The number of aliphatic hydroxyl groups excluding tert-OH is 1. The normalized spacial score (nSPS) is 15.9. The Morgan fingerprint density at radius 3 is 2.65 bits per heavy atom. The lowest BCUT2D eigenvalue weighted by Gasteiger charge is -2.15. The van der Waals surface area contributed by atoms with Crippen LogP contribution in [0, 0.1) is 5.41 Å². The van der Waals surface area contributed by atoms with Crippen molar-refractivity contribution in [2.45, 2.75) is 26.7 Å².